The molecule has 0 aliphatic carbocycles. The molecule has 0 aromatic rings. The number of hydrogen-bond acceptors (Lipinski definition) is 2. The minimum atomic E-state index is -0.713. The number of aliphatic hydroxyl groups is 1. The Morgan fingerprint density at radius 3 is 2.18 bits per heavy atom. The van der Waals surface area contributed by atoms with Crippen LogP contribution in [0.15, 0.2) is 0 Å². The van der Waals surface area contributed by atoms with Crippen molar-refractivity contribution in [3.05, 3.63) is 0 Å². The van der Waals surface area contributed by atoms with Crippen molar-refractivity contribution in [3.63, 3.8) is 0 Å². The number of ether oxygens (including phenoxy) is 1. The maximum Gasteiger partial charge on any atom is 0.0797 e. The van der Waals surface area contributed by atoms with E-state index in [1.807, 2.05) is 20.8 Å². The van der Waals surface area contributed by atoms with Gasteiger partial charge in [0.2, 0.25) is 0 Å². The largest absolute Gasteiger partial charge is 0.386 e. The zero-order valence-electron chi connectivity index (χ0n) is 7.79. The molecule has 1 N–H and O–H groups in total. The third kappa shape index (κ3) is 5.60. The lowest BCUT2D eigenvalue weighted by Gasteiger charge is -2.26. The zero-order chi connectivity index (χ0) is 9.07. The molecular weight excluding hydrogens is 159 g/mol. The Balaban J connectivity index is 3.61. The average Bonchev–Trinajstić information content (AvgIpc) is 1.80. The van der Waals surface area contributed by atoms with Gasteiger partial charge in [-0.25, -0.2) is 0 Å². The Kier molecular flexibility index (Phi) is 4.53. The van der Waals surface area contributed by atoms with Gasteiger partial charge in [-0.05, 0) is 20.8 Å². The molecule has 0 bridgehead atoms. The van der Waals surface area contributed by atoms with Crippen LogP contribution in [0.3, 0.4) is 0 Å². The molecule has 0 saturated carbocycles. The first-order chi connectivity index (χ1) is 4.84. The van der Waals surface area contributed by atoms with Crippen LogP contribution in [-0.4, -0.2) is 23.2 Å². The van der Waals surface area contributed by atoms with Gasteiger partial charge in [0.1, 0.15) is 0 Å². The molecule has 0 rings (SSSR count). The van der Waals surface area contributed by atoms with E-state index in [-0.39, 0.29) is 12.0 Å². The molecule has 0 saturated heterocycles. The SMILES string of the molecule is CC(C)OCC(C)C(C)(O)P. The van der Waals surface area contributed by atoms with E-state index in [1.54, 1.807) is 6.92 Å². The number of hydrogen-bond donors (Lipinski definition) is 1. The van der Waals surface area contributed by atoms with Crippen molar-refractivity contribution in [1.82, 2.24) is 0 Å². The van der Waals surface area contributed by atoms with Crippen molar-refractivity contribution in [2.75, 3.05) is 6.61 Å². The molecule has 0 amide bonds. The summed E-state index contributed by atoms with van der Waals surface area (Å²) in [5, 5.41) is 8.77. The van der Waals surface area contributed by atoms with Gasteiger partial charge >= 0.3 is 0 Å². The Morgan fingerprint density at radius 2 is 1.91 bits per heavy atom. The lowest BCUT2D eigenvalue weighted by Crippen LogP contribution is -2.29. The second-order valence-electron chi connectivity index (χ2n) is 3.51. The molecular formula is C8H19O2P. The van der Waals surface area contributed by atoms with E-state index >= 15 is 0 Å². The van der Waals surface area contributed by atoms with Crippen LogP contribution >= 0.6 is 9.24 Å². The third-order valence-electron chi connectivity index (χ3n) is 1.68. The van der Waals surface area contributed by atoms with Crippen LogP contribution in [0.4, 0.5) is 0 Å². The third-order valence-corrected chi connectivity index (χ3v) is 2.25. The summed E-state index contributed by atoms with van der Waals surface area (Å²) in [7, 11) is 2.41. The molecule has 0 aliphatic rings. The molecule has 0 aliphatic heterocycles. The fourth-order valence-electron chi connectivity index (χ4n) is 0.506. The Morgan fingerprint density at radius 1 is 1.45 bits per heavy atom. The second kappa shape index (κ2) is 4.39. The normalized spacial score (nSPS) is 19.9. The molecule has 68 valence electrons. The first kappa shape index (κ1) is 11.4. The van der Waals surface area contributed by atoms with Crippen molar-refractivity contribution in [1.29, 1.82) is 0 Å². The predicted molar refractivity (Wildman–Crippen MR) is 50.6 cm³/mol. The van der Waals surface area contributed by atoms with Crippen LogP contribution < -0.4 is 0 Å². The average molecular weight is 178 g/mol. The fraction of sp³-hybridized carbons (Fsp3) is 1.00. The summed E-state index contributed by atoms with van der Waals surface area (Å²) in [5.41, 5.74) is 0. The van der Waals surface area contributed by atoms with Crippen molar-refractivity contribution < 1.29 is 9.84 Å². The van der Waals surface area contributed by atoms with Gasteiger partial charge in [0.05, 0.1) is 18.1 Å². The zero-order valence-corrected chi connectivity index (χ0v) is 8.95. The van der Waals surface area contributed by atoms with E-state index in [2.05, 4.69) is 9.24 Å². The first-order valence-corrected chi connectivity index (χ1v) is 4.54. The molecule has 3 heteroatoms. The van der Waals surface area contributed by atoms with Gasteiger partial charge in [-0.1, -0.05) is 6.92 Å². The molecule has 3 unspecified atom stereocenters. The topological polar surface area (TPSA) is 29.5 Å². The van der Waals surface area contributed by atoms with Gasteiger partial charge < -0.3 is 9.84 Å². The van der Waals surface area contributed by atoms with Gasteiger partial charge in [-0.2, -0.15) is 0 Å². The summed E-state index contributed by atoms with van der Waals surface area (Å²) in [6.07, 6.45) is 0.241. The lowest BCUT2D eigenvalue weighted by atomic mass is 10.1. The van der Waals surface area contributed by atoms with Gasteiger partial charge in [-0.15, -0.1) is 9.24 Å². The molecule has 0 aromatic carbocycles. The highest BCUT2D eigenvalue weighted by atomic mass is 31.0. The molecule has 0 aromatic heterocycles. The smallest absolute Gasteiger partial charge is 0.0797 e. The first-order valence-electron chi connectivity index (χ1n) is 3.97. The summed E-state index contributed by atoms with van der Waals surface area (Å²) >= 11 is 0. The molecule has 11 heavy (non-hydrogen) atoms. The van der Waals surface area contributed by atoms with Crippen LogP contribution in [0, 0.1) is 5.92 Å². The van der Waals surface area contributed by atoms with Crippen LogP contribution in [0.25, 0.3) is 0 Å². The van der Waals surface area contributed by atoms with E-state index in [0.29, 0.717) is 6.61 Å². The Bertz CT molecular complexity index is 107. The summed E-state index contributed by atoms with van der Waals surface area (Å²) in [5.74, 6) is 0.148. The Labute approximate surface area is 71.5 Å². The second-order valence-corrected chi connectivity index (χ2v) is 4.68. The molecule has 3 atom stereocenters. The summed E-state index contributed by atoms with van der Waals surface area (Å²) in [6.45, 7) is 8.32. The van der Waals surface area contributed by atoms with Gasteiger partial charge in [0.15, 0.2) is 0 Å². The van der Waals surface area contributed by atoms with Crippen molar-refractivity contribution in [2.24, 2.45) is 5.92 Å². The van der Waals surface area contributed by atoms with E-state index in [9.17, 15) is 5.11 Å². The van der Waals surface area contributed by atoms with Crippen molar-refractivity contribution in [2.45, 2.75) is 39.1 Å². The fourth-order valence-corrected chi connectivity index (χ4v) is 0.602. The molecule has 0 radical (unpaired) electrons. The van der Waals surface area contributed by atoms with Crippen molar-refractivity contribution >= 4 is 9.24 Å². The standard InChI is InChI=1S/C8H19O2P/c1-6(2)10-5-7(3)8(4,9)11/h6-7,9H,5,11H2,1-4H3. The van der Waals surface area contributed by atoms with E-state index in [0.717, 1.165) is 0 Å². The van der Waals surface area contributed by atoms with E-state index in [4.69, 9.17) is 4.74 Å². The van der Waals surface area contributed by atoms with E-state index in [1.165, 1.54) is 0 Å². The monoisotopic (exact) mass is 178 g/mol. The van der Waals surface area contributed by atoms with Crippen molar-refractivity contribution in [3.8, 4) is 0 Å². The molecule has 0 spiro atoms. The molecule has 0 fully saturated rings. The predicted octanol–water partition coefficient (Wildman–Crippen LogP) is 1.63. The van der Waals surface area contributed by atoms with Crippen LogP contribution in [0.1, 0.15) is 27.7 Å². The quantitative estimate of drug-likeness (QED) is 0.663. The number of rotatable bonds is 4. The highest BCUT2D eigenvalue weighted by Gasteiger charge is 2.22. The maximum atomic E-state index is 9.48. The van der Waals surface area contributed by atoms with Gasteiger partial charge in [-0.3, -0.25) is 0 Å². The van der Waals surface area contributed by atoms with Crippen LogP contribution in [-0.2, 0) is 4.74 Å². The van der Waals surface area contributed by atoms with Crippen LogP contribution in [0.2, 0.25) is 0 Å². The van der Waals surface area contributed by atoms with E-state index < -0.39 is 5.34 Å². The summed E-state index contributed by atoms with van der Waals surface area (Å²) in [4.78, 5) is 0. The highest BCUT2D eigenvalue weighted by Crippen LogP contribution is 2.24. The highest BCUT2D eigenvalue weighted by molar-refractivity contribution is 7.18. The maximum absolute atomic E-state index is 9.48. The molecule has 0 heterocycles. The minimum absolute atomic E-state index is 0.148. The summed E-state index contributed by atoms with van der Waals surface area (Å²) < 4.78 is 5.36. The van der Waals surface area contributed by atoms with Crippen LogP contribution in [0.5, 0.6) is 0 Å². The summed E-state index contributed by atoms with van der Waals surface area (Å²) in [6, 6.07) is 0. The van der Waals surface area contributed by atoms with Gasteiger partial charge in [0.25, 0.3) is 0 Å². The lowest BCUT2D eigenvalue weighted by molar-refractivity contribution is 0.000827. The van der Waals surface area contributed by atoms with Gasteiger partial charge in [0, 0.05) is 5.92 Å². The molecule has 2 nitrogen and oxygen atoms in total. The minimum Gasteiger partial charge on any atom is -0.386 e. The Hall–Kier alpha value is 0.350.